The highest BCUT2D eigenvalue weighted by Crippen LogP contribution is 2.23. The zero-order valence-corrected chi connectivity index (χ0v) is 13.0. The number of fused-ring (bicyclic) bond motifs is 1. The van der Waals surface area contributed by atoms with Gasteiger partial charge in [-0.05, 0) is 36.9 Å². The van der Waals surface area contributed by atoms with Gasteiger partial charge >= 0.3 is 0 Å². The molecular formula is C15H14Cl2N4. The minimum absolute atomic E-state index is 0.574. The van der Waals surface area contributed by atoms with Crippen molar-refractivity contribution in [3.8, 4) is 0 Å². The molecule has 4 nitrogen and oxygen atoms in total. The van der Waals surface area contributed by atoms with E-state index in [2.05, 4.69) is 15.2 Å². The lowest BCUT2D eigenvalue weighted by Crippen LogP contribution is -2.22. The molecule has 0 atom stereocenters. The molecule has 0 amide bonds. The van der Waals surface area contributed by atoms with Crippen LogP contribution in [0.5, 0.6) is 0 Å². The van der Waals surface area contributed by atoms with Gasteiger partial charge in [0.05, 0.1) is 22.2 Å². The van der Waals surface area contributed by atoms with Gasteiger partial charge in [0.2, 0.25) is 0 Å². The summed E-state index contributed by atoms with van der Waals surface area (Å²) >= 11 is 12.0. The quantitative estimate of drug-likeness (QED) is 0.732. The lowest BCUT2D eigenvalue weighted by atomic mass is 10.2. The Balaban J connectivity index is 1.74. The average molecular weight is 321 g/mol. The van der Waals surface area contributed by atoms with Crippen molar-refractivity contribution in [2.45, 2.75) is 13.2 Å². The SMILES string of the molecule is CN(Cc1ccc(Cl)c(Cl)c1)Cn1nnc2ccccc21. The van der Waals surface area contributed by atoms with Gasteiger partial charge in [-0.2, -0.15) is 0 Å². The van der Waals surface area contributed by atoms with Crippen molar-refractivity contribution in [1.29, 1.82) is 0 Å². The maximum absolute atomic E-state index is 6.04. The third kappa shape index (κ3) is 3.18. The molecule has 2 aromatic carbocycles. The fourth-order valence-electron chi connectivity index (χ4n) is 2.25. The summed E-state index contributed by atoms with van der Waals surface area (Å²) in [5.41, 5.74) is 3.04. The standard InChI is InChI=1S/C15H14Cl2N4/c1-20(9-11-6-7-12(16)13(17)8-11)10-21-15-5-3-2-4-14(15)18-19-21/h2-8H,9-10H2,1H3. The first-order chi connectivity index (χ1) is 10.1. The van der Waals surface area contributed by atoms with E-state index in [-0.39, 0.29) is 0 Å². The number of hydrogen-bond donors (Lipinski definition) is 0. The average Bonchev–Trinajstić information content (AvgIpc) is 2.86. The van der Waals surface area contributed by atoms with Crippen LogP contribution in [0.15, 0.2) is 42.5 Å². The monoisotopic (exact) mass is 320 g/mol. The topological polar surface area (TPSA) is 34.0 Å². The summed E-state index contributed by atoms with van der Waals surface area (Å²) in [5.74, 6) is 0. The first-order valence-electron chi connectivity index (χ1n) is 6.54. The van der Waals surface area contributed by atoms with E-state index in [1.807, 2.05) is 54.2 Å². The normalized spacial score (nSPS) is 11.4. The van der Waals surface area contributed by atoms with Gasteiger partial charge < -0.3 is 0 Å². The molecule has 21 heavy (non-hydrogen) atoms. The van der Waals surface area contributed by atoms with E-state index < -0.39 is 0 Å². The van der Waals surface area contributed by atoms with E-state index >= 15 is 0 Å². The lowest BCUT2D eigenvalue weighted by Gasteiger charge is -2.17. The fourth-order valence-corrected chi connectivity index (χ4v) is 2.57. The van der Waals surface area contributed by atoms with Gasteiger partial charge in [-0.1, -0.05) is 46.6 Å². The minimum Gasteiger partial charge on any atom is -0.283 e. The Labute approximate surface area is 132 Å². The van der Waals surface area contributed by atoms with Gasteiger partial charge in [-0.3, -0.25) is 4.90 Å². The molecule has 0 saturated carbocycles. The Bertz CT molecular complexity index is 769. The van der Waals surface area contributed by atoms with Crippen LogP contribution in [-0.2, 0) is 13.2 Å². The highest BCUT2D eigenvalue weighted by atomic mass is 35.5. The van der Waals surface area contributed by atoms with E-state index in [0.717, 1.165) is 23.1 Å². The molecule has 0 saturated heterocycles. The maximum atomic E-state index is 6.04. The third-order valence-corrected chi connectivity index (χ3v) is 3.97. The summed E-state index contributed by atoms with van der Waals surface area (Å²) in [6.45, 7) is 1.41. The molecule has 1 heterocycles. The van der Waals surface area contributed by atoms with Crippen LogP contribution >= 0.6 is 23.2 Å². The van der Waals surface area contributed by atoms with Gasteiger partial charge in [-0.25, -0.2) is 4.68 Å². The smallest absolute Gasteiger partial charge is 0.113 e. The van der Waals surface area contributed by atoms with Crippen LogP contribution in [0.3, 0.4) is 0 Å². The van der Waals surface area contributed by atoms with Crippen molar-refractivity contribution < 1.29 is 0 Å². The zero-order valence-electron chi connectivity index (χ0n) is 11.5. The molecular weight excluding hydrogens is 307 g/mol. The van der Waals surface area contributed by atoms with Crippen molar-refractivity contribution in [3.05, 3.63) is 58.1 Å². The predicted octanol–water partition coefficient (Wildman–Crippen LogP) is 3.83. The summed E-state index contributed by atoms with van der Waals surface area (Å²) in [5, 5.41) is 9.49. The van der Waals surface area contributed by atoms with Crippen molar-refractivity contribution in [2.24, 2.45) is 0 Å². The van der Waals surface area contributed by atoms with Gasteiger partial charge in [0.25, 0.3) is 0 Å². The van der Waals surface area contributed by atoms with Crippen molar-refractivity contribution in [1.82, 2.24) is 19.9 Å². The number of hydrogen-bond acceptors (Lipinski definition) is 3. The van der Waals surface area contributed by atoms with Crippen LogP contribution in [0.25, 0.3) is 11.0 Å². The lowest BCUT2D eigenvalue weighted by molar-refractivity contribution is 0.248. The second-order valence-electron chi connectivity index (χ2n) is 4.98. The molecule has 1 aromatic heterocycles. The maximum Gasteiger partial charge on any atom is 0.113 e. The minimum atomic E-state index is 0.574. The summed E-state index contributed by atoms with van der Waals surface area (Å²) in [4.78, 5) is 2.14. The predicted molar refractivity (Wildman–Crippen MR) is 85.5 cm³/mol. The van der Waals surface area contributed by atoms with Gasteiger partial charge in [0, 0.05) is 6.54 Å². The van der Waals surface area contributed by atoms with Crippen LogP contribution in [0.1, 0.15) is 5.56 Å². The fraction of sp³-hybridized carbons (Fsp3) is 0.200. The second-order valence-corrected chi connectivity index (χ2v) is 5.80. The molecule has 0 fully saturated rings. The number of rotatable bonds is 4. The zero-order chi connectivity index (χ0) is 14.8. The number of aromatic nitrogens is 3. The van der Waals surface area contributed by atoms with E-state index in [4.69, 9.17) is 23.2 Å². The first-order valence-corrected chi connectivity index (χ1v) is 7.30. The Morgan fingerprint density at radius 1 is 1.10 bits per heavy atom. The molecule has 3 rings (SSSR count). The number of halogens is 2. The molecule has 108 valence electrons. The molecule has 0 bridgehead atoms. The van der Waals surface area contributed by atoms with Crippen LogP contribution < -0.4 is 0 Å². The molecule has 0 N–H and O–H groups in total. The van der Waals surface area contributed by atoms with E-state index in [1.54, 1.807) is 0 Å². The van der Waals surface area contributed by atoms with Crippen molar-refractivity contribution in [2.75, 3.05) is 7.05 Å². The Hall–Kier alpha value is -1.62. The molecule has 0 aliphatic heterocycles. The van der Waals surface area contributed by atoms with Gasteiger partial charge in [0.1, 0.15) is 5.52 Å². The first kappa shape index (κ1) is 14.3. The molecule has 0 unspecified atom stereocenters. The summed E-state index contributed by atoms with van der Waals surface area (Å²) < 4.78 is 1.88. The summed E-state index contributed by atoms with van der Waals surface area (Å²) in [6, 6.07) is 13.6. The molecule has 0 spiro atoms. The highest BCUT2D eigenvalue weighted by Gasteiger charge is 2.07. The van der Waals surface area contributed by atoms with Crippen LogP contribution in [-0.4, -0.2) is 26.9 Å². The molecule has 6 heteroatoms. The molecule has 0 aliphatic rings. The molecule has 0 radical (unpaired) electrons. The van der Waals surface area contributed by atoms with Crippen molar-refractivity contribution >= 4 is 34.2 Å². The third-order valence-electron chi connectivity index (χ3n) is 3.23. The number of nitrogens with zero attached hydrogens (tertiary/aromatic N) is 4. The highest BCUT2D eigenvalue weighted by molar-refractivity contribution is 6.42. The van der Waals surface area contributed by atoms with Gasteiger partial charge in [0.15, 0.2) is 0 Å². The van der Waals surface area contributed by atoms with Crippen LogP contribution in [0.4, 0.5) is 0 Å². The van der Waals surface area contributed by atoms with Crippen LogP contribution in [0, 0.1) is 0 Å². The number of benzene rings is 2. The van der Waals surface area contributed by atoms with Gasteiger partial charge in [-0.15, -0.1) is 5.10 Å². The summed E-state index contributed by atoms with van der Waals surface area (Å²) in [6.07, 6.45) is 0. The second kappa shape index (κ2) is 6.02. The largest absolute Gasteiger partial charge is 0.283 e. The number of para-hydroxylation sites is 1. The molecule has 0 aliphatic carbocycles. The Kier molecular flexibility index (Phi) is 4.10. The van der Waals surface area contributed by atoms with E-state index in [1.165, 1.54) is 0 Å². The Morgan fingerprint density at radius 2 is 1.90 bits per heavy atom. The molecule has 3 aromatic rings. The van der Waals surface area contributed by atoms with E-state index in [9.17, 15) is 0 Å². The Morgan fingerprint density at radius 3 is 2.71 bits per heavy atom. The van der Waals surface area contributed by atoms with Crippen molar-refractivity contribution in [3.63, 3.8) is 0 Å². The summed E-state index contributed by atoms with van der Waals surface area (Å²) in [7, 11) is 2.03. The van der Waals surface area contributed by atoms with Crippen LogP contribution in [0.2, 0.25) is 10.0 Å². The van der Waals surface area contributed by atoms with E-state index in [0.29, 0.717) is 16.7 Å².